The fourth-order valence-corrected chi connectivity index (χ4v) is 2.55. The lowest BCUT2D eigenvalue weighted by Crippen LogP contribution is -2.01. The van der Waals surface area contributed by atoms with Crippen LogP contribution in [0, 0.1) is 13.8 Å². The number of methoxy groups -OCH3 is 1. The highest BCUT2D eigenvalue weighted by Crippen LogP contribution is 2.30. The molecule has 2 heterocycles. The van der Waals surface area contributed by atoms with Gasteiger partial charge in [0.2, 0.25) is 0 Å². The van der Waals surface area contributed by atoms with Gasteiger partial charge >= 0.3 is 0 Å². The molecule has 3 rings (SSSR count). The van der Waals surface area contributed by atoms with E-state index in [0.29, 0.717) is 22.1 Å². The Labute approximate surface area is 121 Å². The lowest BCUT2D eigenvalue weighted by Gasteiger charge is -2.11. The van der Waals surface area contributed by atoms with E-state index in [-0.39, 0.29) is 0 Å². The minimum atomic E-state index is 0.388. The second-order valence-electron chi connectivity index (χ2n) is 4.40. The van der Waals surface area contributed by atoms with Gasteiger partial charge in [0.25, 0.3) is 0 Å². The van der Waals surface area contributed by atoms with E-state index >= 15 is 0 Å². The quantitative estimate of drug-likeness (QED) is 0.680. The number of rotatable bonds is 2. The second kappa shape index (κ2) is 4.76. The van der Waals surface area contributed by atoms with Crippen molar-refractivity contribution in [3.05, 3.63) is 41.1 Å². The van der Waals surface area contributed by atoms with Gasteiger partial charge in [-0.05, 0) is 26.0 Å². The summed E-state index contributed by atoms with van der Waals surface area (Å²) < 4.78 is 7.32. The van der Waals surface area contributed by atoms with Crippen LogP contribution in [0.25, 0.3) is 16.9 Å². The average Bonchev–Trinajstić information content (AvgIpc) is 2.74. The van der Waals surface area contributed by atoms with Crippen LogP contribution >= 0.6 is 11.6 Å². The topological polar surface area (TPSA) is 52.8 Å². The summed E-state index contributed by atoms with van der Waals surface area (Å²) in [6.45, 7) is 3.70. The monoisotopic (exact) mass is 288 g/mol. The van der Waals surface area contributed by atoms with Crippen molar-refractivity contribution in [2.24, 2.45) is 0 Å². The number of fused-ring (bicyclic) bond motifs is 1. The van der Waals surface area contributed by atoms with Crippen molar-refractivity contribution in [2.75, 3.05) is 7.11 Å². The molecule has 0 amide bonds. The van der Waals surface area contributed by atoms with Gasteiger partial charge in [0.05, 0.1) is 12.8 Å². The third-order valence-electron chi connectivity index (χ3n) is 3.08. The number of benzene rings is 1. The predicted octanol–water partition coefficient (Wildman–Crippen LogP) is 3.09. The summed E-state index contributed by atoms with van der Waals surface area (Å²) in [5.41, 5.74) is 2.15. The van der Waals surface area contributed by atoms with Crippen molar-refractivity contribution in [1.82, 2.24) is 19.5 Å². The Morgan fingerprint density at radius 3 is 2.60 bits per heavy atom. The minimum absolute atomic E-state index is 0.388. The summed E-state index contributed by atoms with van der Waals surface area (Å²) >= 11 is 6.27. The minimum Gasteiger partial charge on any atom is -0.495 e. The number of para-hydroxylation sites is 2. The van der Waals surface area contributed by atoms with Gasteiger partial charge in [-0.1, -0.05) is 23.7 Å². The molecule has 1 aromatic carbocycles. The molecule has 102 valence electrons. The summed E-state index contributed by atoms with van der Waals surface area (Å²) in [6.07, 6.45) is 0. The van der Waals surface area contributed by atoms with E-state index in [9.17, 15) is 0 Å². The van der Waals surface area contributed by atoms with E-state index in [4.69, 9.17) is 16.3 Å². The number of imidazole rings is 1. The molecule has 0 aliphatic carbocycles. The molecular formula is C14H13ClN4O. The Kier molecular flexibility index (Phi) is 3.06. The fraction of sp³-hybridized carbons (Fsp3) is 0.214. The van der Waals surface area contributed by atoms with Crippen LogP contribution in [0.3, 0.4) is 0 Å². The van der Waals surface area contributed by atoms with Crippen molar-refractivity contribution in [2.45, 2.75) is 13.8 Å². The predicted molar refractivity (Wildman–Crippen MR) is 77.7 cm³/mol. The first kappa shape index (κ1) is 12.9. The van der Waals surface area contributed by atoms with Gasteiger partial charge < -0.3 is 4.74 Å². The van der Waals surface area contributed by atoms with E-state index < -0.39 is 0 Å². The highest BCUT2D eigenvalue weighted by atomic mass is 35.5. The van der Waals surface area contributed by atoms with Gasteiger partial charge in [-0.2, -0.15) is 0 Å². The van der Waals surface area contributed by atoms with Gasteiger partial charge in [0, 0.05) is 0 Å². The fourth-order valence-electron chi connectivity index (χ4n) is 2.26. The normalized spacial score (nSPS) is 11.0. The lowest BCUT2D eigenvalue weighted by atomic mass is 10.3. The third-order valence-corrected chi connectivity index (χ3v) is 3.34. The molecule has 0 aliphatic heterocycles. The first-order chi connectivity index (χ1) is 9.61. The standard InChI is InChI=1S/C14H13ClN4O/c1-8-16-13(15)12-14(17-8)18-9(2)19(12)10-6-4-5-7-11(10)20-3/h4-7H,1-3H3. The maximum atomic E-state index is 6.27. The largest absolute Gasteiger partial charge is 0.495 e. The zero-order chi connectivity index (χ0) is 14.3. The summed E-state index contributed by atoms with van der Waals surface area (Å²) in [7, 11) is 1.63. The number of aromatic nitrogens is 4. The summed E-state index contributed by atoms with van der Waals surface area (Å²) in [6, 6.07) is 7.69. The van der Waals surface area contributed by atoms with Crippen LogP contribution in [0.2, 0.25) is 5.15 Å². The molecule has 2 aromatic heterocycles. The van der Waals surface area contributed by atoms with Crippen LogP contribution in [0.4, 0.5) is 0 Å². The summed E-state index contributed by atoms with van der Waals surface area (Å²) in [5, 5.41) is 0.388. The van der Waals surface area contributed by atoms with E-state index in [1.807, 2.05) is 35.8 Å². The summed E-state index contributed by atoms with van der Waals surface area (Å²) in [4.78, 5) is 13.0. The molecule has 0 saturated carbocycles. The third kappa shape index (κ3) is 1.91. The van der Waals surface area contributed by atoms with E-state index in [0.717, 1.165) is 17.3 Å². The van der Waals surface area contributed by atoms with Crippen LogP contribution in [-0.4, -0.2) is 26.6 Å². The highest BCUT2D eigenvalue weighted by Gasteiger charge is 2.17. The molecule has 0 saturated heterocycles. The number of aryl methyl sites for hydroxylation is 2. The van der Waals surface area contributed by atoms with Gasteiger partial charge in [-0.25, -0.2) is 15.0 Å². The molecule has 20 heavy (non-hydrogen) atoms. The Morgan fingerprint density at radius 2 is 1.85 bits per heavy atom. The van der Waals surface area contributed by atoms with E-state index in [2.05, 4.69) is 15.0 Å². The van der Waals surface area contributed by atoms with Crippen molar-refractivity contribution < 1.29 is 4.74 Å². The summed E-state index contributed by atoms with van der Waals surface area (Å²) in [5.74, 6) is 2.13. The maximum absolute atomic E-state index is 6.27. The molecular weight excluding hydrogens is 276 g/mol. The molecule has 0 radical (unpaired) electrons. The van der Waals surface area contributed by atoms with Crippen LogP contribution < -0.4 is 4.74 Å². The smallest absolute Gasteiger partial charge is 0.183 e. The van der Waals surface area contributed by atoms with Crippen LogP contribution in [-0.2, 0) is 0 Å². The molecule has 0 atom stereocenters. The van der Waals surface area contributed by atoms with Crippen molar-refractivity contribution in [1.29, 1.82) is 0 Å². The molecule has 3 aromatic rings. The van der Waals surface area contributed by atoms with Gasteiger partial charge in [-0.15, -0.1) is 0 Å². The maximum Gasteiger partial charge on any atom is 0.183 e. The molecule has 6 heteroatoms. The number of halogens is 1. The number of hydrogen-bond acceptors (Lipinski definition) is 4. The molecule has 0 spiro atoms. The Hall–Kier alpha value is -2.14. The van der Waals surface area contributed by atoms with Crippen LogP contribution in [0.1, 0.15) is 11.6 Å². The average molecular weight is 289 g/mol. The first-order valence-electron chi connectivity index (χ1n) is 6.14. The lowest BCUT2D eigenvalue weighted by molar-refractivity contribution is 0.413. The van der Waals surface area contributed by atoms with Gasteiger partial charge in [0.1, 0.15) is 22.9 Å². The van der Waals surface area contributed by atoms with Gasteiger partial charge in [-0.3, -0.25) is 4.57 Å². The second-order valence-corrected chi connectivity index (χ2v) is 4.76. The Balaban J connectivity index is 2.39. The zero-order valence-corrected chi connectivity index (χ0v) is 12.1. The molecule has 0 unspecified atom stereocenters. The molecule has 0 N–H and O–H groups in total. The molecule has 5 nitrogen and oxygen atoms in total. The van der Waals surface area contributed by atoms with Crippen molar-refractivity contribution in [3.8, 4) is 11.4 Å². The van der Waals surface area contributed by atoms with E-state index in [1.54, 1.807) is 14.0 Å². The van der Waals surface area contributed by atoms with Gasteiger partial charge in [0.15, 0.2) is 10.8 Å². The Morgan fingerprint density at radius 1 is 1.10 bits per heavy atom. The first-order valence-corrected chi connectivity index (χ1v) is 6.52. The van der Waals surface area contributed by atoms with Crippen molar-refractivity contribution in [3.63, 3.8) is 0 Å². The van der Waals surface area contributed by atoms with E-state index in [1.165, 1.54) is 0 Å². The molecule has 0 aliphatic rings. The zero-order valence-electron chi connectivity index (χ0n) is 11.4. The SMILES string of the molecule is COc1ccccc1-n1c(C)nc2nc(C)nc(Cl)c21. The number of hydrogen-bond donors (Lipinski definition) is 0. The highest BCUT2D eigenvalue weighted by molar-refractivity contribution is 6.33. The number of nitrogens with zero attached hydrogens (tertiary/aromatic N) is 4. The Bertz CT molecular complexity index is 797. The molecule has 0 fully saturated rings. The van der Waals surface area contributed by atoms with Crippen LogP contribution in [0.15, 0.2) is 24.3 Å². The van der Waals surface area contributed by atoms with Crippen molar-refractivity contribution >= 4 is 22.8 Å². The van der Waals surface area contributed by atoms with Crippen LogP contribution in [0.5, 0.6) is 5.75 Å². The number of ether oxygens (including phenoxy) is 1. The molecule has 0 bridgehead atoms.